The largest absolute Gasteiger partial charge is 0.434 e. The molecular formula is C15H20N2O2. The summed E-state index contributed by atoms with van der Waals surface area (Å²) in [6.45, 7) is 6.60. The summed E-state index contributed by atoms with van der Waals surface area (Å²) in [5.41, 5.74) is 6.07. The number of rotatable bonds is 1. The Labute approximate surface area is 114 Å². The summed E-state index contributed by atoms with van der Waals surface area (Å²) < 4.78 is 5.52. The first-order valence-electron chi connectivity index (χ1n) is 6.56. The molecule has 4 nitrogen and oxygen atoms in total. The van der Waals surface area contributed by atoms with Gasteiger partial charge >= 0.3 is 6.09 Å². The Kier molecular flexibility index (Phi) is 4.10. The SMILES string of the molecule is Cc1cc(C)c(OC(=O)N2CCCC=CN2)c(C)c1. The van der Waals surface area contributed by atoms with Gasteiger partial charge in [-0.1, -0.05) is 23.8 Å². The van der Waals surface area contributed by atoms with Gasteiger partial charge in [0.25, 0.3) is 0 Å². The van der Waals surface area contributed by atoms with Crippen LogP contribution in [0, 0.1) is 20.8 Å². The molecule has 0 aliphatic carbocycles. The lowest BCUT2D eigenvalue weighted by Gasteiger charge is -2.21. The van der Waals surface area contributed by atoms with Gasteiger partial charge in [-0.05, 0) is 44.7 Å². The fraction of sp³-hybridized carbons (Fsp3) is 0.400. The van der Waals surface area contributed by atoms with Crippen molar-refractivity contribution >= 4 is 6.09 Å². The highest BCUT2D eigenvalue weighted by Gasteiger charge is 2.17. The van der Waals surface area contributed by atoms with Crippen molar-refractivity contribution in [1.29, 1.82) is 0 Å². The number of nitrogens with one attached hydrogen (secondary N) is 1. The molecule has 1 N–H and O–H groups in total. The van der Waals surface area contributed by atoms with Crippen molar-refractivity contribution < 1.29 is 9.53 Å². The molecule has 1 heterocycles. The van der Waals surface area contributed by atoms with Crippen LogP contribution < -0.4 is 10.2 Å². The minimum Gasteiger partial charge on any atom is -0.408 e. The summed E-state index contributed by atoms with van der Waals surface area (Å²) in [6, 6.07) is 4.04. The summed E-state index contributed by atoms with van der Waals surface area (Å²) in [4.78, 5) is 12.1. The predicted molar refractivity (Wildman–Crippen MR) is 74.9 cm³/mol. The molecule has 0 bridgehead atoms. The lowest BCUT2D eigenvalue weighted by atomic mass is 10.1. The topological polar surface area (TPSA) is 41.6 Å². The van der Waals surface area contributed by atoms with Crippen LogP contribution in [0.2, 0.25) is 0 Å². The van der Waals surface area contributed by atoms with Crippen LogP contribution in [0.25, 0.3) is 0 Å². The number of nitrogens with zero attached hydrogens (tertiary/aromatic N) is 1. The number of ether oxygens (including phenoxy) is 1. The van der Waals surface area contributed by atoms with Crippen LogP contribution in [-0.2, 0) is 0 Å². The van der Waals surface area contributed by atoms with Gasteiger partial charge in [-0.25, -0.2) is 9.80 Å². The molecule has 102 valence electrons. The zero-order chi connectivity index (χ0) is 13.8. The van der Waals surface area contributed by atoms with Crippen molar-refractivity contribution in [3.8, 4) is 5.75 Å². The van der Waals surface area contributed by atoms with E-state index in [0.29, 0.717) is 12.3 Å². The van der Waals surface area contributed by atoms with E-state index in [9.17, 15) is 4.79 Å². The quantitative estimate of drug-likeness (QED) is 0.843. The number of hydrogen-bond acceptors (Lipinski definition) is 3. The standard InChI is InChI=1S/C15H20N2O2/c1-11-9-12(2)14(13(3)10-11)19-15(18)17-8-6-4-5-7-16-17/h5,7,9-10,16H,4,6,8H2,1-3H3. The summed E-state index contributed by atoms with van der Waals surface area (Å²) in [5.74, 6) is 0.658. The van der Waals surface area contributed by atoms with Crippen molar-refractivity contribution in [2.75, 3.05) is 6.54 Å². The molecule has 2 rings (SSSR count). The first-order chi connectivity index (χ1) is 9.08. The van der Waals surface area contributed by atoms with E-state index in [-0.39, 0.29) is 6.09 Å². The molecule has 0 saturated heterocycles. The third kappa shape index (κ3) is 3.28. The molecule has 4 heteroatoms. The Hall–Kier alpha value is -1.97. The van der Waals surface area contributed by atoms with Gasteiger partial charge in [0, 0.05) is 12.7 Å². The molecule has 0 spiro atoms. The third-order valence-electron chi connectivity index (χ3n) is 3.12. The molecule has 1 aliphatic rings. The Morgan fingerprint density at radius 3 is 2.63 bits per heavy atom. The molecule has 0 fully saturated rings. The summed E-state index contributed by atoms with van der Waals surface area (Å²) >= 11 is 0. The van der Waals surface area contributed by atoms with Gasteiger partial charge in [0.2, 0.25) is 0 Å². The lowest BCUT2D eigenvalue weighted by molar-refractivity contribution is 0.137. The van der Waals surface area contributed by atoms with E-state index in [0.717, 1.165) is 24.0 Å². The van der Waals surface area contributed by atoms with Crippen molar-refractivity contribution in [1.82, 2.24) is 10.4 Å². The van der Waals surface area contributed by atoms with Crippen LogP contribution in [0.15, 0.2) is 24.4 Å². The fourth-order valence-electron chi connectivity index (χ4n) is 2.27. The molecular weight excluding hydrogens is 240 g/mol. The number of allylic oxidation sites excluding steroid dienone is 1. The second kappa shape index (κ2) is 5.78. The normalized spacial score (nSPS) is 14.8. The third-order valence-corrected chi connectivity index (χ3v) is 3.12. The molecule has 1 aromatic rings. The second-order valence-corrected chi connectivity index (χ2v) is 4.92. The number of amides is 1. The lowest BCUT2D eigenvalue weighted by Crippen LogP contribution is -2.41. The van der Waals surface area contributed by atoms with Crippen LogP contribution in [0.4, 0.5) is 4.79 Å². The molecule has 1 aromatic carbocycles. The van der Waals surface area contributed by atoms with E-state index in [1.807, 2.05) is 39.0 Å². The van der Waals surface area contributed by atoms with Gasteiger partial charge in [-0.15, -0.1) is 0 Å². The van der Waals surface area contributed by atoms with Crippen LogP contribution >= 0.6 is 0 Å². The number of carbonyl (C=O) groups is 1. The van der Waals surface area contributed by atoms with Crippen molar-refractivity contribution in [2.24, 2.45) is 0 Å². The minimum absolute atomic E-state index is 0.360. The Balaban J connectivity index is 2.12. The molecule has 0 radical (unpaired) electrons. The van der Waals surface area contributed by atoms with E-state index in [4.69, 9.17) is 4.74 Å². The molecule has 19 heavy (non-hydrogen) atoms. The van der Waals surface area contributed by atoms with E-state index in [2.05, 4.69) is 5.43 Å². The molecule has 0 atom stereocenters. The van der Waals surface area contributed by atoms with Crippen LogP contribution in [0.3, 0.4) is 0 Å². The van der Waals surface area contributed by atoms with Crippen molar-refractivity contribution in [2.45, 2.75) is 33.6 Å². The summed E-state index contributed by atoms with van der Waals surface area (Å²) in [5, 5.41) is 1.50. The monoisotopic (exact) mass is 260 g/mol. The van der Waals surface area contributed by atoms with Gasteiger partial charge in [-0.2, -0.15) is 0 Å². The van der Waals surface area contributed by atoms with Crippen LogP contribution in [-0.4, -0.2) is 17.6 Å². The highest BCUT2D eigenvalue weighted by Crippen LogP contribution is 2.25. The number of hydrogen-bond donors (Lipinski definition) is 1. The molecule has 0 aromatic heterocycles. The number of hydrazine groups is 1. The van der Waals surface area contributed by atoms with Gasteiger partial charge < -0.3 is 10.2 Å². The Morgan fingerprint density at radius 1 is 1.26 bits per heavy atom. The number of carbonyl (C=O) groups excluding carboxylic acids is 1. The zero-order valence-corrected chi connectivity index (χ0v) is 11.7. The molecule has 1 aliphatic heterocycles. The van der Waals surface area contributed by atoms with Crippen molar-refractivity contribution in [3.63, 3.8) is 0 Å². The maximum absolute atomic E-state index is 12.1. The minimum atomic E-state index is -0.360. The average molecular weight is 260 g/mol. The van der Waals surface area contributed by atoms with Gasteiger partial charge in [-0.3, -0.25) is 0 Å². The first-order valence-corrected chi connectivity index (χ1v) is 6.56. The maximum Gasteiger partial charge on any atom is 0.434 e. The average Bonchev–Trinajstić information content (AvgIpc) is 2.62. The van der Waals surface area contributed by atoms with E-state index < -0.39 is 0 Å². The zero-order valence-electron chi connectivity index (χ0n) is 11.7. The molecule has 0 saturated carbocycles. The predicted octanol–water partition coefficient (Wildman–Crippen LogP) is 3.22. The Bertz CT molecular complexity index is 486. The van der Waals surface area contributed by atoms with E-state index in [1.54, 1.807) is 6.20 Å². The van der Waals surface area contributed by atoms with E-state index >= 15 is 0 Å². The second-order valence-electron chi connectivity index (χ2n) is 4.92. The highest BCUT2D eigenvalue weighted by atomic mass is 16.6. The fourth-order valence-corrected chi connectivity index (χ4v) is 2.27. The molecule has 1 amide bonds. The summed E-state index contributed by atoms with van der Waals surface area (Å²) in [6.07, 6.45) is 5.34. The first kappa shape index (κ1) is 13.5. The van der Waals surface area contributed by atoms with Gasteiger partial charge in [0.15, 0.2) is 0 Å². The molecule has 0 unspecified atom stereocenters. The van der Waals surface area contributed by atoms with E-state index in [1.165, 1.54) is 10.6 Å². The van der Waals surface area contributed by atoms with Crippen molar-refractivity contribution in [3.05, 3.63) is 41.1 Å². The van der Waals surface area contributed by atoms with Crippen LogP contribution in [0.5, 0.6) is 5.75 Å². The summed E-state index contributed by atoms with van der Waals surface area (Å²) in [7, 11) is 0. The smallest absolute Gasteiger partial charge is 0.408 e. The van der Waals surface area contributed by atoms with Crippen LogP contribution in [0.1, 0.15) is 29.5 Å². The number of benzene rings is 1. The Morgan fingerprint density at radius 2 is 1.95 bits per heavy atom. The highest BCUT2D eigenvalue weighted by molar-refractivity contribution is 5.71. The van der Waals surface area contributed by atoms with Gasteiger partial charge in [0.1, 0.15) is 5.75 Å². The maximum atomic E-state index is 12.1. The van der Waals surface area contributed by atoms with Gasteiger partial charge in [0.05, 0.1) is 0 Å². The number of aryl methyl sites for hydroxylation is 3.